The molecule has 0 radical (unpaired) electrons. The summed E-state index contributed by atoms with van der Waals surface area (Å²) >= 11 is 0. The Bertz CT molecular complexity index is 329. The minimum atomic E-state index is -0.0374. The zero-order chi connectivity index (χ0) is 12.9. The van der Waals surface area contributed by atoms with Crippen LogP contribution in [0.3, 0.4) is 0 Å². The lowest BCUT2D eigenvalue weighted by Crippen LogP contribution is -2.03. The van der Waals surface area contributed by atoms with Gasteiger partial charge in [-0.3, -0.25) is 0 Å². The van der Waals surface area contributed by atoms with Crippen molar-refractivity contribution in [2.75, 3.05) is 14.2 Å². The summed E-state index contributed by atoms with van der Waals surface area (Å²) in [5, 5.41) is 19.9. The summed E-state index contributed by atoms with van der Waals surface area (Å²) in [5.41, 5.74) is 0.546. The smallest absolute Gasteiger partial charge is 0.207 e. The van der Waals surface area contributed by atoms with Crippen LogP contribution in [-0.2, 0) is 0 Å². The minimum absolute atomic E-state index is 0.0212. The predicted octanol–water partition coefficient (Wildman–Crippen LogP) is 1.95. The van der Waals surface area contributed by atoms with Crippen LogP contribution < -0.4 is 14.8 Å². The average Bonchev–Trinajstić information content (AvgIpc) is 2.33. The fourth-order valence-corrected chi connectivity index (χ4v) is 1.46. The van der Waals surface area contributed by atoms with Gasteiger partial charge in [-0.2, -0.15) is 0 Å². The van der Waals surface area contributed by atoms with Crippen molar-refractivity contribution in [1.29, 1.82) is 0 Å². The number of aromatic hydroxyl groups is 2. The number of rotatable bonds is 2. The van der Waals surface area contributed by atoms with Crippen LogP contribution in [0.2, 0.25) is 0 Å². The molecule has 92 valence electrons. The van der Waals surface area contributed by atoms with E-state index in [2.05, 4.69) is 9.24 Å². The van der Waals surface area contributed by atoms with Crippen LogP contribution in [0.4, 0.5) is 0 Å². The molecule has 0 aromatic heterocycles. The van der Waals surface area contributed by atoms with Gasteiger partial charge in [0.15, 0.2) is 11.5 Å². The molecule has 4 nitrogen and oxygen atoms in total. The Hall–Kier alpha value is -1.15. The fraction of sp³-hybridized carbons (Fsp3) is 0.455. The molecule has 5 heteroatoms. The molecule has 0 amide bonds. The summed E-state index contributed by atoms with van der Waals surface area (Å²) < 4.78 is 9.87. The minimum Gasteiger partial charge on any atom is -0.504 e. The molecule has 0 heterocycles. The van der Waals surface area contributed by atoms with Gasteiger partial charge >= 0.3 is 0 Å². The number of ether oxygens (including phenoxy) is 2. The number of hydrogen-bond donors (Lipinski definition) is 2. The molecule has 0 fully saturated rings. The van der Waals surface area contributed by atoms with Crippen molar-refractivity contribution in [2.45, 2.75) is 20.8 Å². The van der Waals surface area contributed by atoms with E-state index in [1.807, 2.05) is 13.8 Å². The Kier molecular flexibility index (Phi) is 5.97. The molecule has 1 unspecified atom stereocenters. The second-order valence-corrected chi connectivity index (χ2v) is 3.38. The van der Waals surface area contributed by atoms with Gasteiger partial charge in [0.25, 0.3) is 0 Å². The fourth-order valence-electron chi connectivity index (χ4n) is 1.19. The third kappa shape index (κ3) is 2.50. The van der Waals surface area contributed by atoms with E-state index in [4.69, 9.17) is 9.47 Å². The zero-order valence-corrected chi connectivity index (χ0v) is 11.4. The third-order valence-electron chi connectivity index (χ3n) is 2.06. The zero-order valence-electron chi connectivity index (χ0n) is 10.3. The molecule has 0 saturated heterocycles. The molecular formula is C11H19O4P. The molecule has 1 aromatic rings. The van der Waals surface area contributed by atoms with Gasteiger partial charge in [0.2, 0.25) is 11.5 Å². The summed E-state index contributed by atoms with van der Waals surface area (Å²) in [6, 6.07) is 0. The van der Waals surface area contributed by atoms with Crippen molar-refractivity contribution in [3.8, 4) is 23.0 Å². The highest BCUT2D eigenvalue weighted by Gasteiger charge is 2.20. The molecule has 0 saturated carbocycles. The summed E-state index contributed by atoms with van der Waals surface area (Å²) in [5.74, 6) is 0.228. The highest BCUT2D eigenvalue weighted by molar-refractivity contribution is 7.28. The molecule has 1 aromatic carbocycles. The van der Waals surface area contributed by atoms with Gasteiger partial charge in [-0.25, -0.2) is 0 Å². The largest absolute Gasteiger partial charge is 0.504 e. The first-order chi connectivity index (χ1) is 7.54. The Morgan fingerprint density at radius 3 is 1.69 bits per heavy atom. The number of benzene rings is 1. The lowest BCUT2D eigenvalue weighted by atomic mass is 10.1. The van der Waals surface area contributed by atoms with E-state index >= 15 is 0 Å². The van der Waals surface area contributed by atoms with E-state index in [0.29, 0.717) is 10.9 Å². The maximum Gasteiger partial charge on any atom is 0.207 e. The van der Waals surface area contributed by atoms with Gasteiger partial charge in [0.05, 0.1) is 14.2 Å². The average molecular weight is 246 g/mol. The quantitative estimate of drug-likeness (QED) is 0.618. The molecule has 0 aliphatic rings. The molecule has 1 rings (SSSR count). The van der Waals surface area contributed by atoms with Crippen LogP contribution in [0.5, 0.6) is 23.0 Å². The van der Waals surface area contributed by atoms with Crippen LogP contribution in [-0.4, -0.2) is 24.4 Å². The number of phenolic OH excluding ortho intramolecular Hbond substituents is 2. The van der Waals surface area contributed by atoms with E-state index < -0.39 is 0 Å². The van der Waals surface area contributed by atoms with Crippen molar-refractivity contribution in [3.05, 3.63) is 5.56 Å². The maximum absolute atomic E-state index is 9.69. The highest BCUT2D eigenvalue weighted by Crippen LogP contribution is 2.44. The molecule has 0 bridgehead atoms. The maximum atomic E-state index is 9.69. The van der Waals surface area contributed by atoms with Crippen LogP contribution in [0.25, 0.3) is 0 Å². The highest BCUT2D eigenvalue weighted by atomic mass is 31.0. The van der Waals surface area contributed by atoms with Gasteiger partial charge < -0.3 is 19.7 Å². The van der Waals surface area contributed by atoms with E-state index in [9.17, 15) is 10.2 Å². The SMILES string of the molecule is CC.COc1c(O)c(C)c(P)c(O)c1OC. The first-order valence-electron chi connectivity index (χ1n) is 4.96. The van der Waals surface area contributed by atoms with Crippen molar-refractivity contribution >= 4 is 14.5 Å². The van der Waals surface area contributed by atoms with Crippen LogP contribution in [0.1, 0.15) is 19.4 Å². The summed E-state index contributed by atoms with van der Waals surface area (Å²) in [6.45, 7) is 5.68. The molecular weight excluding hydrogens is 227 g/mol. The third-order valence-corrected chi connectivity index (χ3v) is 2.77. The van der Waals surface area contributed by atoms with E-state index in [-0.39, 0.29) is 23.0 Å². The van der Waals surface area contributed by atoms with Gasteiger partial charge in [0.1, 0.15) is 0 Å². The van der Waals surface area contributed by atoms with Crippen molar-refractivity contribution < 1.29 is 19.7 Å². The Morgan fingerprint density at radius 1 is 0.938 bits per heavy atom. The van der Waals surface area contributed by atoms with Gasteiger partial charge in [-0.1, -0.05) is 13.8 Å². The first kappa shape index (κ1) is 14.8. The molecule has 16 heavy (non-hydrogen) atoms. The lowest BCUT2D eigenvalue weighted by molar-refractivity contribution is 0.317. The van der Waals surface area contributed by atoms with Gasteiger partial charge in [0, 0.05) is 10.9 Å². The lowest BCUT2D eigenvalue weighted by Gasteiger charge is -2.15. The van der Waals surface area contributed by atoms with E-state index in [1.54, 1.807) is 6.92 Å². The summed E-state index contributed by atoms with van der Waals surface area (Å²) in [4.78, 5) is 0. The molecule has 0 aliphatic carbocycles. The van der Waals surface area contributed by atoms with Crippen LogP contribution in [0.15, 0.2) is 0 Å². The molecule has 0 spiro atoms. The summed E-state index contributed by atoms with van der Waals surface area (Å²) in [6.07, 6.45) is 0. The molecule has 1 atom stereocenters. The van der Waals surface area contributed by atoms with Crippen LogP contribution in [0, 0.1) is 6.92 Å². The van der Waals surface area contributed by atoms with Crippen LogP contribution >= 0.6 is 9.24 Å². The topological polar surface area (TPSA) is 58.9 Å². The molecule has 2 N–H and O–H groups in total. The van der Waals surface area contributed by atoms with E-state index in [1.165, 1.54) is 14.2 Å². The van der Waals surface area contributed by atoms with Crippen molar-refractivity contribution in [1.82, 2.24) is 0 Å². The standard InChI is InChI=1S/C9H13O4P.C2H6/c1-4-5(10)7(12-2)8(13-3)6(11)9(4)14;1-2/h10-11H,14H2,1-3H3;1-2H3. The number of phenols is 2. The normalized spacial score (nSPS) is 9.12. The monoisotopic (exact) mass is 246 g/mol. The van der Waals surface area contributed by atoms with Crippen molar-refractivity contribution in [3.63, 3.8) is 0 Å². The van der Waals surface area contributed by atoms with E-state index in [0.717, 1.165) is 0 Å². The predicted molar refractivity (Wildman–Crippen MR) is 68.3 cm³/mol. The summed E-state index contributed by atoms with van der Waals surface area (Å²) in [7, 11) is 5.14. The Balaban J connectivity index is 0.00000106. The van der Waals surface area contributed by atoms with Crippen molar-refractivity contribution in [2.24, 2.45) is 0 Å². The second kappa shape index (κ2) is 6.44. The Labute approximate surface area is 98.4 Å². The first-order valence-corrected chi connectivity index (χ1v) is 5.54. The second-order valence-electron chi connectivity index (χ2n) is 2.80. The Morgan fingerprint density at radius 2 is 1.31 bits per heavy atom. The molecule has 0 aliphatic heterocycles. The van der Waals surface area contributed by atoms with Gasteiger partial charge in [-0.15, -0.1) is 9.24 Å². The number of methoxy groups -OCH3 is 2. The number of hydrogen-bond acceptors (Lipinski definition) is 4. The van der Waals surface area contributed by atoms with Gasteiger partial charge in [-0.05, 0) is 6.92 Å².